The topological polar surface area (TPSA) is 0 Å². The second kappa shape index (κ2) is 3.37. The molecule has 0 heterocycles. The highest BCUT2D eigenvalue weighted by atomic mass is 79.9. The largest absolute Gasteiger partial charge is 0.0505 e. The molecule has 10 heavy (non-hydrogen) atoms. The quantitative estimate of drug-likeness (QED) is 0.628. The monoisotopic (exact) mass is 325 g/mol. The molecule has 0 aromatic heterocycles. The van der Waals surface area contributed by atoms with Gasteiger partial charge in [-0.05, 0) is 56.5 Å². The van der Waals surface area contributed by atoms with Crippen LogP contribution >= 0.6 is 47.8 Å². The summed E-state index contributed by atoms with van der Waals surface area (Å²) in [5, 5.41) is 0. The van der Waals surface area contributed by atoms with E-state index in [9.17, 15) is 0 Å². The van der Waals surface area contributed by atoms with E-state index >= 15 is 0 Å². The Morgan fingerprint density at radius 1 is 1.00 bits per heavy atom. The summed E-state index contributed by atoms with van der Waals surface area (Å²) in [6.07, 6.45) is 0. The van der Waals surface area contributed by atoms with Crippen LogP contribution in [0.3, 0.4) is 0 Å². The van der Waals surface area contributed by atoms with Crippen molar-refractivity contribution in [3.05, 3.63) is 38.0 Å². The van der Waals surface area contributed by atoms with Gasteiger partial charge in [-0.2, -0.15) is 0 Å². The third-order valence-electron chi connectivity index (χ3n) is 1.14. The lowest BCUT2D eigenvalue weighted by Gasteiger charge is -2.01. The summed E-state index contributed by atoms with van der Waals surface area (Å²) in [5.74, 6) is 0. The van der Waals surface area contributed by atoms with Gasteiger partial charge in [0.2, 0.25) is 0 Å². The minimum Gasteiger partial charge on any atom is -0.0505 e. The van der Waals surface area contributed by atoms with Crippen LogP contribution in [0.5, 0.6) is 0 Å². The van der Waals surface area contributed by atoms with Gasteiger partial charge in [-0.3, -0.25) is 0 Å². The van der Waals surface area contributed by atoms with Gasteiger partial charge in [-0.25, -0.2) is 0 Å². The van der Waals surface area contributed by atoms with Crippen LogP contribution in [-0.2, 0) is 0 Å². The zero-order valence-electron chi connectivity index (χ0n) is 5.00. The molecule has 0 aliphatic heterocycles. The zero-order valence-corrected chi connectivity index (χ0v) is 9.75. The van der Waals surface area contributed by atoms with E-state index in [0.717, 1.165) is 19.0 Å². The standard InChI is InChI=1S/C7H4Br3/c1-4-5(8)2-3-6(9)7(4)10/h2-3H,1H2. The van der Waals surface area contributed by atoms with Gasteiger partial charge in [0.05, 0.1) is 0 Å². The van der Waals surface area contributed by atoms with Gasteiger partial charge in [0, 0.05) is 13.4 Å². The Bertz CT molecular complexity index is 228. The van der Waals surface area contributed by atoms with Gasteiger partial charge in [-0.15, -0.1) is 0 Å². The predicted octanol–water partition coefficient (Wildman–Crippen LogP) is 4.16. The molecule has 0 amide bonds. The van der Waals surface area contributed by atoms with Crippen molar-refractivity contribution < 1.29 is 0 Å². The summed E-state index contributed by atoms with van der Waals surface area (Å²) in [6, 6.07) is 3.92. The first kappa shape index (κ1) is 8.75. The molecule has 0 N–H and O–H groups in total. The lowest BCUT2D eigenvalue weighted by Crippen LogP contribution is -1.78. The molecule has 1 aromatic carbocycles. The van der Waals surface area contributed by atoms with Gasteiger partial charge in [-0.1, -0.05) is 15.9 Å². The maximum absolute atomic E-state index is 3.86. The highest BCUT2D eigenvalue weighted by Gasteiger charge is 2.02. The van der Waals surface area contributed by atoms with Crippen molar-refractivity contribution in [2.24, 2.45) is 0 Å². The minimum absolute atomic E-state index is 0.967. The summed E-state index contributed by atoms with van der Waals surface area (Å²) in [5.41, 5.74) is 0.967. The highest BCUT2D eigenvalue weighted by molar-refractivity contribution is 9.13. The molecule has 0 aliphatic carbocycles. The van der Waals surface area contributed by atoms with Crippen LogP contribution in [-0.4, -0.2) is 0 Å². The van der Waals surface area contributed by atoms with Crippen LogP contribution in [0.25, 0.3) is 0 Å². The van der Waals surface area contributed by atoms with Gasteiger partial charge in [0.15, 0.2) is 0 Å². The number of benzene rings is 1. The van der Waals surface area contributed by atoms with E-state index < -0.39 is 0 Å². The van der Waals surface area contributed by atoms with Crippen LogP contribution in [0.2, 0.25) is 0 Å². The fraction of sp³-hybridized carbons (Fsp3) is 0. The Hall–Kier alpha value is 0.660. The third kappa shape index (κ3) is 1.63. The SMILES string of the molecule is [CH2]c1c(Br)ccc(Br)c1Br. The molecule has 3 heteroatoms. The van der Waals surface area contributed by atoms with Gasteiger partial charge >= 0.3 is 0 Å². The zero-order chi connectivity index (χ0) is 7.72. The molecular weight excluding hydrogens is 324 g/mol. The van der Waals surface area contributed by atoms with Crippen molar-refractivity contribution in [1.29, 1.82) is 0 Å². The highest BCUT2D eigenvalue weighted by Crippen LogP contribution is 2.30. The molecule has 0 saturated carbocycles. The van der Waals surface area contributed by atoms with Crippen molar-refractivity contribution in [1.82, 2.24) is 0 Å². The Kier molecular flexibility index (Phi) is 2.95. The first-order chi connectivity index (χ1) is 4.63. The van der Waals surface area contributed by atoms with E-state index in [1.165, 1.54) is 0 Å². The van der Waals surface area contributed by atoms with E-state index in [-0.39, 0.29) is 0 Å². The Morgan fingerprint density at radius 3 is 2.00 bits per heavy atom. The summed E-state index contributed by atoms with van der Waals surface area (Å²) in [4.78, 5) is 0. The van der Waals surface area contributed by atoms with E-state index in [0.29, 0.717) is 0 Å². The Balaban J connectivity index is 3.34. The molecule has 53 valence electrons. The van der Waals surface area contributed by atoms with E-state index in [1.54, 1.807) is 0 Å². The third-order valence-corrected chi connectivity index (χ3v) is 3.98. The molecule has 1 radical (unpaired) electrons. The van der Waals surface area contributed by atoms with Crippen molar-refractivity contribution >= 4 is 47.8 Å². The summed E-state index contributed by atoms with van der Waals surface area (Å²) in [6.45, 7) is 3.86. The number of rotatable bonds is 0. The van der Waals surface area contributed by atoms with Crippen LogP contribution < -0.4 is 0 Å². The molecule has 0 saturated heterocycles. The van der Waals surface area contributed by atoms with Crippen LogP contribution in [0, 0.1) is 6.92 Å². The molecule has 0 fully saturated rings. The predicted molar refractivity (Wildman–Crippen MR) is 54.0 cm³/mol. The fourth-order valence-electron chi connectivity index (χ4n) is 0.569. The van der Waals surface area contributed by atoms with E-state index in [4.69, 9.17) is 0 Å². The van der Waals surface area contributed by atoms with Crippen molar-refractivity contribution in [3.63, 3.8) is 0 Å². The van der Waals surface area contributed by atoms with Crippen molar-refractivity contribution in [2.75, 3.05) is 0 Å². The molecular formula is C7H4Br3. The molecule has 1 aromatic rings. The Morgan fingerprint density at radius 2 is 1.50 bits per heavy atom. The molecule has 1 rings (SSSR count). The van der Waals surface area contributed by atoms with Gasteiger partial charge in [0.25, 0.3) is 0 Å². The molecule has 0 atom stereocenters. The second-order valence-electron chi connectivity index (χ2n) is 1.82. The molecule has 0 aliphatic rings. The van der Waals surface area contributed by atoms with Crippen LogP contribution in [0.1, 0.15) is 5.56 Å². The van der Waals surface area contributed by atoms with Crippen molar-refractivity contribution in [3.8, 4) is 0 Å². The summed E-state index contributed by atoms with van der Waals surface area (Å²) >= 11 is 10.1. The molecule has 0 unspecified atom stereocenters. The van der Waals surface area contributed by atoms with Gasteiger partial charge in [0.1, 0.15) is 0 Å². The minimum atomic E-state index is 0.967. The smallest absolute Gasteiger partial charge is 0.0360 e. The van der Waals surface area contributed by atoms with E-state index in [2.05, 4.69) is 54.7 Å². The Labute approximate surface area is 85.4 Å². The summed E-state index contributed by atoms with van der Waals surface area (Å²) < 4.78 is 3.05. The molecule has 0 bridgehead atoms. The normalized spacial score (nSPS) is 10.0. The average Bonchev–Trinajstić information content (AvgIpc) is 1.93. The first-order valence-electron chi connectivity index (χ1n) is 2.58. The van der Waals surface area contributed by atoms with Crippen LogP contribution in [0.4, 0.5) is 0 Å². The lowest BCUT2D eigenvalue weighted by atomic mass is 10.2. The maximum atomic E-state index is 3.86. The first-order valence-corrected chi connectivity index (χ1v) is 4.96. The van der Waals surface area contributed by atoms with Crippen molar-refractivity contribution in [2.45, 2.75) is 0 Å². The number of hydrogen-bond donors (Lipinski definition) is 0. The summed E-state index contributed by atoms with van der Waals surface area (Å²) in [7, 11) is 0. The number of halogens is 3. The fourth-order valence-corrected chi connectivity index (χ4v) is 1.88. The maximum Gasteiger partial charge on any atom is 0.0360 e. The second-order valence-corrected chi connectivity index (χ2v) is 4.32. The number of hydrogen-bond acceptors (Lipinski definition) is 0. The van der Waals surface area contributed by atoms with Crippen LogP contribution in [0.15, 0.2) is 25.6 Å². The lowest BCUT2D eigenvalue weighted by molar-refractivity contribution is 1.47. The molecule has 0 nitrogen and oxygen atoms in total. The molecule has 0 spiro atoms. The van der Waals surface area contributed by atoms with Gasteiger partial charge < -0.3 is 0 Å². The van der Waals surface area contributed by atoms with E-state index in [1.807, 2.05) is 12.1 Å². The average molecular weight is 328 g/mol.